The van der Waals surface area contributed by atoms with E-state index >= 15 is 0 Å². The number of halogens is 3. The fraction of sp³-hybridized carbons (Fsp3) is 0.500. The predicted molar refractivity (Wildman–Crippen MR) is 79.5 cm³/mol. The molecule has 124 valence electrons. The highest BCUT2D eigenvalue weighted by Gasteiger charge is 2.30. The van der Waals surface area contributed by atoms with Gasteiger partial charge < -0.3 is 10.2 Å². The van der Waals surface area contributed by atoms with E-state index in [0.29, 0.717) is 31.5 Å². The van der Waals surface area contributed by atoms with Crippen LogP contribution in [-0.2, 0) is 11.0 Å². The van der Waals surface area contributed by atoms with Crippen molar-refractivity contribution in [3.8, 4) is 6.07 Å². The second kappa shape index (κ2) is 7.47. The molecule has 1 heterocycles. The van der Waals surface area contributed by atoms with E-state index in [0.717, 1.165) is 25.2 Å². The maximum Gasteiger partial charge on any atom is 0.416 e. The number of benzene rings is 1. The van der Waals surface area contributed by atoms with E-state index in [1.807, 2.05) is 0 Å². The number of alkyl halides is 3. The number of nitrogens with one attached hydrogen (secondary N) is 1. The van der Waals surface area contributed by atoms with Crippen molar-refractivity contribution in [3.05, 3.63) is 29.8 Å². The van der Waals surface area contributed by atoms with Crippen molar-refractivity contribution in [3.63, 3.8) is 0 Å². The van der Waals surface area contributed by atoms with Gasteiger partial charge in [-0.3, -0.25) is 4.79 Å². The first-order valence-electron chi connectivity index (χ1n) is 7.47. The van der Waals surface area contributed by atoms with Crippen molar-refractivity contribution in [2.75, 3.05) is 25.0 Å². The van der Waals surface area contributed by atoms with Gasteiger partial charge >= 0.3 is 6.18 Å². The number of carbonyl (C=O) groups is 1. The average molecular weight is 325 g/mol. The summed E-state index contributed by atoms with van der Waals surface area (Å²) in [6.07, 6.45) is -2.52. The van der Waals surface area contributed by atoms with E-state index < -0.39 is 11.7 Å². The van der Waals surface area contributed by atoms with Crippen LogP contribution in [0.2, 0.25) is 0 Å². The molecule has 1 N–H and O–H groups in total. The monoisotopic (exact) mass is 325 g/mol. The lowest BCUT2D eigenvalue weighted by molar-refractivity contribution is -0.137. The molecule has 1 aromatic rings. The fourth-order valence-corrected chi connectivity index (χ4v) is 2.61. The quantitative estimate of drug-likeness (QED) is 0.924. The number of anilines is 1. The van der Waals surface area contributed by atoms with Crippen LogP contribution >= 0.6 is 0 Å². The van der Waals surface area contributed by atoms with Crippen molar-refractivity contribution >= 4 is 11.6 Å². The molecule has 0 saturated carbocycles. The second-order valence-electron chi connectivity index (χ2n) is 5.59. The highest BCUT2D eigenvalue weighted by Crippen LogP contribution is 2.30. The summed E-state index contributed by atoms with van der Waals surface area (Å²) in [5.41, 5.74) is -0.365. The first kappa shape index (κ1) is 17.3. The van der Waals surface area contributed by atoms with Gasteiger partial charge in [-0.15, -0.1) is 0 Å². The molecule has 1 aromatic carbocycles. The van der Waals surface area contributed by atoms with Gasteiger partial charge in [0.1, 0.15) is 0 Å². The lowest BCUT2D eigenvalue weighted by Crippen LogP contribution is -2.38. The van der Waals surface area contributed by atoms with Crippen LogP contribution in [0.1, 0.15) is 24.8 Å². The van der Waals surface area contributed by atoms with Crippen molar-refractivity contribution in [2.24, 2.45) is 5.92 Å². The van der Waals surface area contributed by atoms with Gasteiger partial charge in [-0.1, -0.05) is 0 Å². The Kier molecular flexibility index (Phi) is 5.61. The summed E-state index contributed by atoms with van der Waals surface area (Å²) in [5.74, 6) is -0.305. The molecule has 0 aliphatic carbocycles. The predicted octanol–water partition coefficient (Wildman–Crippen LogP) is 3.27. The molecule has 7 heteroatoms. The number of amides is 1. The van der Waals surface area contributed by atoms with Crippen molar-refractivity contribution < 1.29 is 18.0 Å². The highest BCUT2D eigenvalue weighted by atomic mass is 19.4. The van der Waals surface area contributed by atoms with Gasteiger partial charge in [-0.25, -0.2) is 0 Å². The Hall–Kier alpha value is -2.07. The van der Waals surface area contributed by atoms with E-state index in [-0.39, 0.29) is 11.8 Å². The van der Waals surface area contributed by atoms with E-state index in [1.54, 1.807) is 0 Å². The summed E-state index contributed by atoms with van der Waals surface area (Å²) in [7, 11) is 0. The molecular weight excluding hydrogens is 307 g/mol. The maximum absolute atomic E-state index is 12.5. The number of hydrogen-bond acceptors (Lipinski definition) is 3. The topological polar surface area (TPSA) is 56.1 Å². The van der Waals surface area contributed by atoms with E-state index in [1.165, 1.54) is 12.1 Å². The van der Waals surface area contributed by atoms with E-state index in [2.05, 4.69) is 16.3 Å². The van der Waals surface area contributed by atoms with Crippen LogP contribution in [0.4, 0.5) is 18.9 Å². The molecule has 0 bridgehead atoms. The van der Waals surface area contributed by atoms with E-state index in [4.69, 9.17) is 5.26 Å². The third kappa shape index (κ3) is 4.96. The van der Waals surface area contributed by atoms with Gasteiger partial charge in [0.15, 0.2) is 0 Å². The second-order valence-corrected chi connectivity index (χ2v) is 5.59. The highest BCUT2D eigenvalue weighted by molar-refractivity contribution is 5.92. The number of nitriles is 1. The largest absolute Gasteiger partial charge is 0.416 e. The third-order valence-corrected chi connectivity index (χ3v) is 3.98. The molecule has 0 unspecified atom stereocenters. The van der Waals surface area contributed by atoms with Crippen molar-refractivity contribution in [1.29, 1.82) is 5.26 Å². The molecule has 1 aliphatic rings. The summed E-state index contributed by atoms with van der Waals surface area (Å²) in [5, 5.41) is 11.2. The molecule has 0 atom stereocenters. The minimum atomic E-state index is -4.38. The summed E-state index contributed by atoms with van der Waals surface area (Å²) in [4.78, 5) is 14.3. The van der Waals surface area contributed by atoms with Crippen LogP contribution in [0.5, 0.6) is 0 Å². The molecule has 2 rings (SSSR count). The van der Waals surface area contributed by atoms with Crippen LogP contribution in [0, 0.1) is 17.2 Å². The summed E-state index contributed by atoms with van der Waals surface area (Å²) in [6.45, 7) is 2.23. The summed E-state index contributed by atoms with van der Waals surface area (Å²) >= 11 is 0. The van der Waals surface area contributed by atoms with Crippen LogP contribution in [0.15, 0.2) is 24.3 Å². The van der Waals surface area contributed by atoms with Crippen LogP contribution in [-0.4, -0.2) is 30.4 Å². The molecular formula is C16H18F3N3O. The van der Waals surface area contributed by atoms with Gasteiger partial charge in [-0.05, 0) is 50.2 Å². The molecule has 0 aromatic heterocycles. The fourth-order valence-electron chi connectivity index (χ4n) is 2.61. The molecule has 23 heavy (non-hydrogen) atoms. The minimum Gasteiger partial charge on any atom is -0.326 e. The maximum atomic E-state index is 12.5. The zero-order valence-electron chi connectivity index (χ0n) is 12.6. The number of hydrogen-bond donors (Lipinski definition) is 1. The summed E-state index contributed by atoms with van der Waals surface area (Å²) in [6, 6.07) is 6.55. The Morgan fingerprint density at radius 3 is 2.39 bits per heavy atom. The average Bonchev–Trinajstić information content (AvgIpc) is 2.53. The van der Waals surface area contributed by atoms with Crippen molar-refractivity contribution in [1.82, 2.24) is 4.90 Å². The number of nitrogens with zero attached hydrogens (tertiary/aromatic N) is 2. The van der Waals surface area contributed by atoms with Gasteiger partial charge in [0.2, 0.25) is 5.91 Å². The minimum absolute atomic E-state index is 0.143. The Balaban J connectivity index is 1.85. The number of carbonyl (C=O) groups excluding carboxylic acids is 1. The molecule has 0 radical (unpaired) electrons. The lowest BCUT2D eigenvalue weighted by Gasteiger charge is -2.30. The van der Waals surface area contributed by atoms with Crippen LogP contribution in [0.3, 0.4) is 0 Å². The lowest BCUT2D eigenvalue weighted by atomic mass is 9.95. The molecule has 1 aliphatic heterocycles. The zero-order valence-corrected chi connectivity index (χ0v) is 12.6. The third-order valence-electron chi connectivity index (χ3n) is 3.98. The first-order chi connectivity index (χ1) is 10.9. The zero-order chi connectivity index (χ0) is 16.9. The van der Waals surface area contributed by atoms with E-state index in [9.17, 15) is 18.0 Å². The standard InChI is InChI=1S/C16H18F3N3O/c17-16(18,19)13-2-4-14(5-3-13)21-15(23)12-6-10-22(11-7-12)9-1-8-20/h2-5,12H,1,6-7,9-11H2,(H,21,23). The Bertz CT molecular complexity index is 570. The number of likely N-dealkylation sites (tertiary alicyclic amines) is 1. The van der Waals surface area contributed by atoms with Gasteiger partial charge in [0.25, 0.3) is 0 Å². The van der Waals surface area contributed by atoms with Gasteiger partial charge in [0.05, 0.1) is 11.6 Å². The van der Waals surface area contributed by atoms with Crippen LogP contribution in [0.25, 0.3) is 0 Å². The Morgan fingerprint density at radius 2 is 1.87 bits per heavy atom. The number of piperidine rings is 1. The van der Waals surface area contributed by atoms with Crippen molar-refractivity contribution in [2.45, 2.75) is 25.4 Å². The molecule has 1 fully saturated rings. The van der Waals surface area contributed by atoms with Gasteiger partial charge in [-0.2, -0.15) is 18.4 Å². The SMILES string of the molecule is N#CCCN1CCC(C(=O)Nc2ccc(C(F)(F)F)cc2)CC1. The molecule has 0 spiro atoms. The Labute approximate surface area is 132 Å². The smallest absolute Gasteiger partial charge is 0.326 e. The Morgan fingerprint density at radius 1 is 1.26 bits per heavy atom. The molecule has 4 nitrogen and oxygen atoms in total. The molecule has 1 saturated heterocycles. The van der Waals surface area contributed by atoms with Crippen LogP contribution < -0.4 is 5.32 Å². The first-order valence-corrected chi connectivity index (χ1v) is 7.47. The normalized spacial score (nSPS) is 16.8. The number of rotatable bonds is 4. The summed E-state index contributed by atoms with van der Waals surface area (Å²) < 4.78 is 37.5. The van der Waals surface area contributed by atoms with Gasteiger partial charge in [0, 0.05) is 24.6 Å². The molecule has 1 amide bonds.